The molecule has 1 aromatic carbocycles. The molecular weight excluding hydrogens is 304 g/mol. The Kier molecular flexibility index (Phi) is 4.56. The smallest absolute Gasteiger partial charge is 0.0895 e. The Morgan fingerprint density at radius 1 is 1.21 bits per heavy atom. The fourth-order valence-corrected chi connectivity index (χ4v) is 2.21. The lowest BCUT2D eigenvalue weighted by Crippen LogP contribution is -2.04. The van der Waals surface area contributed by atoms with E-state index in [0.29, 0.717) is 13.2 Å². The van der Waals surface area contributed by atoms with Crippen molar-refractivity contribution in [3.05, 3.63) is 57.3 Å². The van der Waals surface area contributed by atoms with Crippen molar-refractivity contribution in [3.8, 4) is 0 Å². The van der Waals surface area contributed by atoms with Crippen LogP contribution in [0.3, 0.4) is 0 Å². The molecule has 0 amide bonds. The minimum atomic E-state index is 0.470. The minimum Gasteiger partial charge on any atom is -0.398 e. The highest BCUT2D eigenvalue weighted by atomic mass is 79.9. The normalized spacial score (nSPS) is 10.7. The van der Waals surface area contributed by atoms with Gasteiger partial charge in [-0.25, -0.2) is 0 Å². The Morgan fingerprint density at radius 3 is 2.68 bits per heavy atom. The van der Waals surface area contributed by atoms with Crippen LogP contribution in [-0.4, -0.2) is 4.98 Å². The number of aryl methyl sites for hydroxylation is 1. The molecule has 1 heterocycles. The van der Waals surface area contributed by atoms with Crippen LogP contribution in [0.1, 0.15) is 22.4 Å². The monoisotopic (exact) mass is 320 g/mol. The van der Waals surface area contributed by atoms with Gasteiger partial charge in [-0.2, -0.15) is 0 Å². The topological polar surface area (TPSA) is 48.1 Å². The summed E-state index contributed by atoms with van der Waals surface area (Å²) in [4.78, 5) is 4.38. The van der Waals surface area contributed by atoms with Crippen LogP contribution in [0.25, 0.3) is 0 Å². The van der Waals surface area contributed by atoms with Gasteiger partial charge in [0, 0.05) is 16.4 Å². The highest BCUT2D eigenvalue weighted by Gasteiger charge is 2.06. The van der Waals surface area contributed by atoms with Gasteiger partial charge in [0.2, 0.25) is 0 Å². The molecule has 1 aromatic heterocycles. The van der Waals surface area contributed by atoms with Gasteiger partial charge < -0.3 is 10.5 Å². The van der Waals surface area contributed by atoms with Crippen molar-refractivity contribution in [2.24, 2.45) is 0 Å². The van der Waals surface area contributed by atoms with E-state index < -0.39 is 0 Å². The number of benzene rings is 1. The number of ether oxygens (including phenoxy) is 1. The largest absolute Gasteiger partial charge is 0.398 e. The zero-order chi connectivity index (χ0) is 13.8. The van der Waals surface area contributed by atoms with Gasteiger partial charge in [-0.1, -0.05) is 34.1 Å². The van der Waals surface area contributed by atoms with Crippen molar-refractivity contribution in [2.75, 3.05) is 5.73 Å². The van der Waals surface area contributed by atoms with Gasteiger partial charge in [0.25, 0.3) is 0 Å². The van der Waals surface area contributed by atoms with Gasteiger partial charge in [0.1, 0.15) is 0 Å². The summed E-state index contributed by atoms with van der Waals surface area (Å²) in [6.45, 7) is 4.96. The van der Waals surface area contributed by atoms with Crippen LogP contribution in [0.15, 0.2) is 34.9 Å². The minimum absolute atomic E-state index is 0.470. The average molecular weight is 321 g/mol. The Morgan fingerprint density at radius 2 is 1.95 bits per heavy atom. The van der Waals surface area contributed by atoms with Gasteiger partial charge in [0.05, 0.1) is 18.9 Å². The molecule has 0 unspecified atom stereocenters. The second-order valence-electron chi connectivity index (χ2n) is 4.51. The van der Waals surface area contributed by atoms with Crippen LogP contribution < -0.4 is 5.73 Å². The maximum Gasteiger partial charge on any atom is 0.0895 e. The van der Waals surface area contributed by atoms with Gasteiger partial charge in [0.15, 0.2) is 0 Å². The standard InChI is InChI=1S/C15H17BrN2O/c1-10-7-18-14(11(2)15(10)17)9-19-8-12-5-3-4-6-13(12)16/h3-7H,8-9H2,1-2H3,(H2,17,18). The third-order valence-electron chi connectivity index (χ3n) is 3.13. The van der Waals surface area contributed by atoms with Gasteiger partial charge in [-0.15, -0.1) is 0 Å². The third kappa shape index (κ3) is 3.33. The highest BCUT2D eigenvalue weighted by molar-refractivity contribution is 9.10. The predicted octanol–water partition coefficient (Wildman–Crippen LogP) is 3.76. The van der Waals surface area contributed by atoms with Crippen molar-refractivity contribution in [2.45, 2.75) is 27.1 Å². The summed E-state index contributed by atoms with van der Waals surface area (Å²) in [7, 11) is 0. The van der Waals surface area contributed by atoms with Gasteiger partial charge in [-0.3, -0.25) is 4.98 Å². The van der Waals surface area contributed by atoms with Crippen LogP contribution in [-0.2, 0) is 18.0 Å². The lowest BCUT2D eigenvalue weighted by Gasteiger charge is -2.11. The van der Waals surface area contributed by atoms with E-state index in [0.717, 1.165) is 32.5 Å². The summed E-state index contributed by atoms with van der Waals surface area (Å²) < 4.78 is 6.77. The molecule has 0 aliphatic rings. The maximum absolute atomic E-state index is 5.99. The summed E-state index contributed by atoms with van der Waals surface area (Å²) in [5, 5.41) is 0. The lowest BCUT2D eigenvalue weighted by atomic mass is 10.1. The van der Waals surface area contributed by atoms with Crippen LogP contribution in [0.4, 0.5) is 5.69 Å². The molecule has 2 rings (SSSR count). The van der Waals surface area contributed by atoms with E-state index in [1.165, 1.54) is 0 Å². The van der Waals surface area contributed by atoms with Gasteiger partial charge in [-0.05, 0) is 36.6 Å². The predicted molar refractivity (Wildman–Crippen MR) is 80.8 cm³/mol. The van der Waals surface area contributed by atoms with Crippen LogP contribution in [0.2, 0.25) is 0 Å². The van der Waals surface area contributed by atoms with Crippen molar-refractivity contribution in [3.63, 3.8) is 0 Å². The number of hydrogen-bond donors (Lipinski definition) is 1. The van der Waals surface area contributed by atoms with Crippen LogP contribution >= 0.6 is 15.9 Å². The Labute approximate surface area is 121 Å². The molecule has 100 valence electrons. The molecule has 0 saturated carbocycles. The van der Waals surface area contributed by atoms with Gasteiger partial charge >= 0.3 is 0 Å². The summed E-state index contributed by atoms with van der Waals surface area (Å²) in [6, 6.07) is 8.02. The molecule has 0 aliphatic heterocycles. The fourth-order valence-electron chi connectivity index (χ4n) is 1.81. The number of rotatable bonds is 4. The van der Waals surface area contributed by atoms with E-state index in [4.69, 9.17) is 10.5 Å². The summed E-state index contributed by atoms with van der Waals surface area (Å²) in [5.41, 5.74) is 10.8. The third-order valence-corrected chi connectivity index (χ3v) is 3.90. The maximum atomic E-state index is 5.99. The summed E-state index contributed by atoms with van der Waals surface area (Å²) >= 11 is 3.50. The van der Waals surface area contributed by atoms with E-state index in [1.54, 1.807) is 6.20 Å². The molecule has 0 radical (unpaired) electrons. The molecule has 0 atom stereocenters. The van der Waals surface area contributed by atoms with Crippen LogP contribution in [0.5, 0.6) is 0 Å². The zero-order valence-corrected chi connectivity index (χ0v) is 12.7. The number of nitrogens with two attached hydrogens (primary N) is 1. The second kappa shape index (κ2) is 6.17. The zero-order valence-electron chi connectivity index (χ0n) is 11.1. The first kappa shape index (κ1) is 14.0. The molecule has 0 aliphatic carbocycles. The number of nitrogen functional groups attached to an aromatic ring is 1. The summed E-state index contributed by atoms with van der Waals surface area (Å²) in [6.07, 6.45) is 1.79. The molecule has 0 bridgehead atoms. The first-order chi connectivity index (χ1) is 9.09. The number of pyridine rings is 1. The molecule has 3 nitrogen and oxygen atoms in total. The number of hydrogen-bond acceptors (Lipinski definition) is 3. The highest BCUT2D eigenvalue weighted by Crippen LogP contribution is 2.20. The second-order valence-corrected chi connectivity index (χ2v) is 5.37. The molecule has 0 spiro atoms. The molecule has 4 heteroatoms. The lowest BCUT2D eigenvalue weighted by molar-refractivity contribution is 0.104. The SMILES string of the molecule is Cc1cnc(COCc2ccccc2Br)c(C)c1N. The number of aromatic nitrogens is 1. The van der Waals surface area contributed by atoms with E-state index in [2.05, 4.69) is 20.9 Å². The van der Waals surface area contributed by atoms with Crippen molar-refractivity contribution in [1.82, 2.24) is 4.98 Å². The first-order valence-electron chi connectivity index (χ1n) is 6.11. The Balaban J connectivity index is 2.01. The molecule has 0 fully saturated rings. The Hall–Kier alpha value is -1.39. The van der Waals surface area contributed by atoms with Crippen molar-refractivity contribution in [1.29, 1.82) is 0 Å². The number of nitrogens with zero attached hydrogens (tertiary/aromatic N) is 1. The van der Waals surface area contributed by atoms with E-state index >= 15 is 0 Å². The Bertz CT molecular complexity index is 584. The quantitative estimate of drug-likeness (QED) is 0.933. The van der Waals surface area contributed by atoms with E-state index in [-0.39, 0.29) is 0 Å². The van der Waals surface area contributed by atoms with Crippen LogP contribution in [0, 0.1) is 13.8 Å². The molecule has 0 saturated heterocycles. The first-order valence-corrected chi connectivity index (χ1v) is 6.90. The van der Waals surface area contributed by atoms with E-state index in [9.17, 15) is 0 Å². The molecule has 19 heavy (non-hydrogen) atoms. The van der Waals surface area contributed by atoms with Crippen molar-refractivity contribution >= 4 is 21.6 Å². The number of halogens is 1. The fraction of sp³-hybridized carbons (Fsp3) is 0.267. The molecule has 2 aromatic rings. The average Bonchev–Trinajstić information content (AvgIpc) is 2.41. The number of anilines is 1. The molecule has 2 N–H and O–H groups in total. The van der Waals surface area contributed by atoms with E-state index in [1.807, 2.05) is 38.1 Å². The summed E-state index contributed by atoms with van der Waals surface area (Å²) in [5.74, 6) is 0. The van der Waals surface area contributed by atoms with Crippen molar-refractivity contribution < 1.29 is 4.74 Å². The molecular formula is C15H17BrN2O.